The third kappa shape index (κ3) is 3.83. The Hall–Kier alpha value is -0.846. The Bertz CT molecular complexity index is 455. The van der Waals surface area contributed by atoms with E-state index in [2.05, 4.69) is 0 Å². The van der Waals surface area contributed by atoms with E-state index in [4.69, 9.17) is 13.6 Å². The van der Waals surface area contributed by atoms with Gasteiger partial charge in [0.15, 0.2) is 0 Å². The quantitative estimate of drug-likeness (QED) is 0.369. The van der Waals surface area contributed by atoms with Gasteiger partial charge >= 0.3 is 7.82 Å². The van der Waals surface area contributed by atoms with Crippen LogP contribution in [-0.4, -0.2) is 11.5 Å². The molecule has 0 aromatic heterocycles. The van der Waals surface area contributed by atoms with Crippen molar-refractivity contribution in [2.24, 2.45) is 0 Å². The van der Waals surface area contributed by atoms with E-state index < -0.39 is 12.7 Å². The van der Waals surface area contributed by atoms with Crippen molar-refractivity contribution in [2.45, 2.75) is 6.42 Å². The van der Waals surface area contributed by atoms with Crippen LogP contribution < -0.4 is 4.52 Å². The third-order valence-corrected chi connectivity index (χ3v) is 3.29. The zero-order valence-corrected chi connectivity index (χ0v) is 11.4. The first kappa shape index (κ1) is 15.2. The molecule has 7 nitrogen and oxygen atoms in total. The van der Waals surface area contributed by atoms with Gasteiger partial charge in [0, 0.05) is 37.3 Å². The number of phosphoric ester groups is 1. The van der Waals surface area contributed by atoms with Gasteiger partial charge in [0.05, 0.1) is 4.92 Å². The van der Waals surface area contributed by atoms with Gasteiger partial charge in [0.25, 0.3) is 5.69 Å². The Labute approximate surface area is 115 Å². The largest absolute Gasteiger partial charge is 0.499 e. The van der Waals surface area contributed by atoms with E-state index in [0.29, 0.717) is 6.42 Å². The molecule has 1 radical (unpaired) electrons. The number of non-ortho nitro benzene ring substituents is 1. The number of nitro benzene ring substituents is 1. The summed E-state index contributed by atoms with van der Waals surface area (Å²) in [4.78, 5) is 9.89. The SMILES string of the molecule is O=[N+]([O-])c1ccc(OP2(=O)O[CH-]CCO2)cc1.[V]. The van der Waals surface area contributed by atoms with Crippen LogP contribution in [0, 0.1) is 16.7 Å². The number of benzene rings is 1. The summed E-state index contributed by atoms with van der Waals surface area (Å²) in [5.74, 6) is 0.189. The van der Waals surface area contributed by atoms with Crippen LogP contribution in [0.4, 0.5) is 5.69 Å². The molecule has 97 valence electrons. The Morgan fingerprint density at radius 2 is 2.06 bits per heavy atom. The number of rotatable bonds is 3. The average Bonchev–Trinajstić information content (AvgIpc) is 2.30. The molecule has 0 bridgehead atoms. The van der Waals surface area contributed by atoms with Crippen molar-refractivity contribution in [3.63, 3.8) is 0 Å². The molecule has 1 heterocycles. The van der Waals surface area contributed by atoms with Gasteiger partial charge in [-0.2, -0.15) is 6.61 Å². The van der Waals surface area contributed by atoms with Gasteiger partial charge in [0.1, 0.15) is 5.75 Å². The van der Waals surface area contributed by atoms with Crippen molar-refractivity contribution in [2.75, 3.05) is 6.61 Å². The molecule has 1 aromatic rings. The zero-order chi connectivity index (χ0) is 12.3. The summed E-state index contributed by atoms with van der Waals surface area (Å²) in [6, 6.07) is 5.16. The van der Waals surface area contributed by atoms with Crippen molar-refractivity contribution in [1.82, 2.24) is 0 Å². The normalized spacial score (nSPS) is 22.9. The molecular weight excluding hydrogens is 300 g/mol. The minimum Gasteiger partial charge on any atom is -0.454 e. The van der Waals surface area contributed by atoms with Gasteiger partial charge in [0.2, 0.25) is 0 Å². The number of phosphoric acid groups is 1. The molecule has 0 N–H and O–H groups in total. The van der Waals surface area contributed by atoms with Crippen LogP contribution in [0.2, 0.25) is 0 Å². The minimum atomic E-state index is -3.60. The van der Waals surface area contributed by atoms with E-state index in [1.807, 2.05) is 0 Å². The minimum absolute atomic E-state index is 0. The van der Waals surface area contributed by atoms with Crippen molar-refractivity contribution in [3.05, 3.63) is 41.0 Å². The summed E-state index contributed by atoms with van der Waals surface area (Å²) < 4.78 is 26.5. The molecule has 1 unspecified atom stereocenters. The van der Waals surface area contributed by atoms with Gasteiger partial charge < -0.3 is 9.05 Å². The molecule has 18 heavy (non-hydrogen) atoms. The van der Waals surface area contributed by atoms with Gasteiger partial charge in [-0.15, -0.1) is 6.42 Å². The summed E-state index contributed by atoms with van der Waals surface area (Å²) in [7, 11) is -3.60. The Balaban J connectivity index is 0.00000162. The summed E-state index contributed by atoms with van der Waals surface area (Å²) in [6.07, 6.45) is 0.535. The maximum absolute atomic E-state index is 11.8. The van der Waals surface area contributed by atoms with Crippen LogP contribution in [0.5, 0.6) is 5.75 Å². The number of hydrogen-bond acceptors (Lipinski definition) is 6. The second-order valence-corrected chi connectivity index (χ2v) is 4.73. The van der Waals surface area contributed by atoms with Gasteiger partial charge in [-0.05, 0) is 12.1 Å². The summed E-state index contributed by atoms with van der Waals surface area (Å²) in [5.41, 5.74) is -0.0762. The monoisotopic (exact) mass is 309 g/mol. The first-order valence-electron chi connectivity index (χ1n) is 4.78. The Kier molecular flexibility index (Phi) is 5.37. The first-order valence-corrected chi connectivity index (χ1v) is 6.24. The predicted molar refractivity (Wildman–Crippen MR) is 57.3 cm³/mol. The fourth-order valence-corrected chi connectivity index (χ4v) is 2.35. The molecule has 9 heteroatoms. The zero-order valence-electron chi connectivity index (χ0n) is 9.09. The van der Waals surface area contributed by atoms with E-state index in [1.165, 1.54) is 30.9 Å². The summed E-state index contributed by atoms with van der Waals surface area (Å²) in [5, 5.41) is 10.4. The topological polar surface area (TPSA) is 87.9 Å². The molecule has 1 aromatic carbocycles. The van der Waals surface area contributed by atoms with E-state index in [-0.39, 0.29) is 36.6 Å². The second-order valence-electron chi connectivity index (χ2n) is 3.18. The van der Waals surface area contributed by atoms with Crippen molar-refractivity contribution < 1.29 is 41.6 Å². The van der Waals surface area contributed by atoms with Crippen molar-refractivity contribution in [1.29, 1.82) is 0 Å². The molecule has 0 amide bonds. The van der Waals surface area contributed by atoms with E-state index in [0.717, 1.165) is 0 Å². The van der Waals surface area contributed by atoms with E-state index >= 15 is 0 Å². The van der Waals surface area contributed by atoms with Gasteiger partial charge in [-0.1, -0.05) is 0 Å². The van der Waals surface area contributed by atoms with Crippen LogP contribution in [-0.2, 0) is 32.2 Å². The van der Waals surface area contributed by atoms with Crippen LogP contribution in [0.25, 0.3) is 0 Å². The summed E-state index contributed by atoms with van der Waals surface area (Å²) >= 11 is 0. The molecule has 1 atom stereocenters. The Morgan fingerprint density at radius 1 is 1.39 bits per heavy atom. The molecule has 1 fully saturated rings. The standard InChI is InChI=1S/C9H9NO6P.V/c11-10(12)8-2-4-9(5-3-8)16-17(13)14-6-1-7-15-17;/h2-6H,1,7H2;/q-1;. The average molecular weight is 309 g/mol. The second kappa shape index (κ2) is 6.36. The van der Waals surface area contributed by atoms with E-state index in [9.17, 15) is 14.7 Å². The van der Waals surface area contributed by atoms with Crippen LogP contribution >= 0.6 is 7.82 Å². The van der Waals surface area contributed by atoms with Crippen LogP contribution in [0.1, 0.15) is 6.42 Å². The maximum Gasteiger partial charge on any atom is 0.499 e. The smallest absolute Gasteiger partial charge is 0.454 e. The molecule has 0 spiro atoms. The molecule has 0 aliphatic carbocycles. The third-order valence-electron chi connectivity index (χ3n) is 1.95. The molecule has 1 aliphatic rings. The van der Waals surface area contributed by atoms with Gasteiger partial charge in [-0.25, -0.2) is 4.57 Å². The Morgan fingerprint density at radius 3 is 2.56 bits per heavy atom. The fraction of sp³-hybridized carbons (Fsp3) is 0.222. The number of nitrogens with zero attached hydrogens (tertiary/aromatic N) is 1. The first-order chi connectivity index (χ1) is 8.09. The molecule has 2 rings (SSSR count). The molecule has 1 saturated heterocycles. The molecule has 0 saturated carbocycles. The van der Waals surface area contributed by atoms with Crippen LogP contribution in [0.3, 0.4) is 0 Å². The molecule has 1 aliphatic heterocycles. The van der Waals surface area contributed by atoms with Crippen molar-refractivity contribution in [3.8, 4) is 5.75 Å². The number of hydrogen-bond donors (Lipinski definition) is 0. The molecular formula is C9H9NO6PV-. The number of nitro groups is 1. The van der Waals surface area contributed by atoms with E-state index in [1.54, 1.807) is 0 Å². The summed E-state index contributed by atoms with van der Waals surface area (Å²) in [6.45, 7) is 1.61. The van der Waals surface area contributed by atoms with Crippen molar-refractivity contribution >= 4 is 13.5 Å². The maximum atomic E-state index is 11.8. The fourth-order valence-electron chi connectivity index (χ4n) is 1.19. The van der Waals surface area contributed by atoms with Crippen LogP contribution in [0.15, 0.2) is 24.3 Å². The van der Waals surface area contributed by atoms with Gasteiger partial charge in [-0.3, -0.25) is 14.6 Å². The predicted octanol–water partition coefficient (Wildman–Crippen LogP) is 2.68.